The highest BCUT2D eigenvalue weighted by molar-refractivity contribution is 5.96. The van der Waals surface area contributed by atoms with Gasteiger partial charge in [0, 0.05) is 24.3 Å². The van der Waals surface area contributed by atoms with Crippen molar-refractivity contribution in [3.05, 3.63) is 76.9 Å². The summed E-state index contributed by atoms with van der Waals surface area (Å²) < 4.78 is 21.2. The Labute approximate surface area is 234 Å². The number of carbonyl (C=O) groups excluding carboxylic acids is 2. The van der Waals surface area contributed by atoms with E-state index in [-0.39, 0.29) is 17.6 Å². The number of amides is 2. The Morgan fingerprint density at radius 2 is 1.70 bits per heavy atom. The molecule has 2 aliphatic rings. The summed E-state index contributed by atoms with van der Waals surface area (Å²) >= 11 is 0. The number of benzene rings is 2. The topological polar surface area (TPSA) is 88.5 Å². The highest BCUT2D eigenvalue weighted by atomic mass is 19.1. The first kappa shape index (κ1) is 27.8. The van der Waals surface area contributed by atoms with Gasteiger partial charge in [0.1, 0.15) is 18.2 Å². The Balaban J connectivity index is 1.23. The third-order valence-electron chi connectivity index (χ3n) is 8.33. The molecule has 2 aromatic carbocycles. The van der Waals surface area contributed by atoms with Crippen molar-refractivity contribution in [1.29, 1.82) is 0 Å². The molecular formula is C31H38FN5O3. The number of aryl methyl sites for hydroxylation is 1. The molecule has 5 rings (SSSR count). The molecule has 0 unspecified atom stereocenters. The molecular weight excluding hydrogens is 509 g/mol. The van der Waals surface area contributed by atoms with E-state index in [9.17, 15) is 14.0 Å². The second kappa shape index (κ2) is 12.2. The Bertz CT molecular complexity index is 1350. The van der Waals surface area contributed by atoms with E-state index >= 15 is 0 Å². The van der Waals surface area contributed by atoms with Gasteiger partial charge in [0.05, 0.1) is 28.9 Å². The average molecular weight is 548 g/mol. The van der Waals surface area contributed by atoms with Crippen LogP contribution in [0.5, 0.6) is 5.75 Å². The number of ether oxygens (including phenoxy) is 1. The van der Waals surface area contributed by atoms with Gasteiger partial charge in [0.2, 0.25) is 5.91 Å². The summed E-state index contributed by atoms with van der Waals surface area (Å²) in [6.45, 7) is 7.70. The number of nitrogens with one attached hydrogen (secondary N) is 2. The molecule has 3 aromatic rings. The Morgan fingerprint density at radius 3 is 2.48 bits per heavy atom. The molecule has 2 amide bonds. The molecule has 0 bridgehead atoms. The van der Waals surface area contributed by atoms with Crippen molar-refractivity contribution in [2.75, 3.05) is 32.8 Å². The number of nitrogens with zero attached hydrogens (tertiary/aromatic N) is 3. The van der Waals surface area contributed by atoms with E-state index in [1.807, 2.05) is 23.7 Å². The highest BCUT2D eigenvalue weighted by Crippen LogP contribution is 2.38. The standard InChI is InChI=1S/C31H38FN5O3/c1-22-27(23(2)37(35-22)25-11-9-24(32)10-12-25)21-36-18-14-31(15-19-36)13-5-6-16-33-29(38)26-7-3-4-8-28(26)40-20-17-34-30(31)39/h3-4,7-12H,5-6,13-21H2,1-2H3,(H,33,38)(H,34,39). The number of aromatic nitrogens is 2. The van der Waals surface area contributed by atoms with Crippen molar-refractivity contribution in [3.63, 3.8) is 0 Å². The van der Waals surface area contributed by atoms with Crippen LogP contribution in [0.25, 0.3) is 5.69 Å². The van der Waals surface area contributed by atoms with Crippen LogP contribution in [0.15, 0.2) is 48.5 Å². The lowest BCUT2D eigenvalue weighted by Gasteiger charge is -2.41. The van der Waals surface area contributed by atoms with E-state index < -0.39 is 5.41 Å². The summed E-state index contributed by atoms with van der Waals surface area (Å²) in [4.78, 5) is 28.6. The van der Waals surface area contributed by atoms with Gasteiger partial charge in [-0.2, -0.15) is 5.10 Å². The number of hydrogen-bond donors (Lipinski definition) is 2. The maximum absolute atomic E-state index is 13.5. The fourth-order valence-corrected chi connectivity index (χ4v) is 5.87. The summed E-state index contributed by atoms with van der Waals surface area (Å²) in [5, 5.41) is 10.9. The van der Waals surface area contributed by atoms with E-state index in [2.05, 4.69) is 22.5 Å². The number of likely N-dealkylation sites (tertiary alicyclic amines) is 1. The minimum Gasteiger partial charge on any atom is -0.491 e. The van der Waals surface area contributed by atoms with Gasteiger partial charge in [-0.05, 0) is 89.0 Å². The second-order valence-electron chi connectivity index (χ2n) is 10.9. The maximum Gasteiger partial charge on any atom is 0.255 e. The van der Waals surface area contributed by atoms with Gasteiger partial charge in [-0.15, -0.1) is 0 Å². The molecule has 2 N–H and O–H groups in total. The molecule has 40 heavy (non-hydrogen) atoms. The number of halogens is 1. The van der Waals surface area contributed by atoms with Gasteiger partial charge < -0.3 is 15.4 Å². The zero-order valence-electron chi connectivity index (χ0n) is 23.3. The lowest BCUT2D eigenvalue weighted by atomic mass is 9.73. The summed E-state index contributed by atoms with van der Waals surface area (Å²) in [5.41, 5.74) is 4.11. The minimum absolute atomic E-state index is 0.0987. The summed E-state index contributed by atoms with van der Waals surface area (Å²) in [6.07, 6.45) is 4.03. The lowest BCUT2D eigenvalue weighted by Crippen LogP contribution is -2.49. The fraction of sp³-hybridized carbons (Fsp3) is 0.452. The zero-order chi connectivity index (χ0) is 28.1. The van der Waals surface area contributed by atoms with Gasteiger partial charge >= 0.3 is 0 Å². The van der Waals surface area contributed by atoms with E-state index in [4.69, 9.17) is 9.84 Å². The number of para-hydroxylation sites is 1. The molecule has 0 saturated carbocycles. The van der Waals surface area contributed by atoms with Crippen LogP contribution >= 0.6 is 0 Å². The molecule has 9 heteroatoms. The maximum atomic E-state index is 13.5. The number of rotatable bonds is 3. The average Bonchev–Trinajstić information content (AvgIpc) is 3.24. The number of fused-ring (bicyclic) bond motifs is 1. The predicted molar refractivity (Wildman–Crippen MR) is 151 cm³/mol. The smallest absolute Gasteiger partial charge is 0.255 e. The second-order valence-corrected chi connectivity index (χ2v) is 10.9. The summed E-state index contributed by atoms with van der Waals surface area (Å²) in [5.74, 6) is 0.231. The van der Waals surface area contributed by atoms with Crippen LogP contribution in [0.3, 0.4) is 0 Å². The molecule has 1 saturated heterocycles. The SMILES string of the molecule is Cc1nn(-c2ccc(F)cc2)c(C)c1CN1CCC2(CCCCNC(=O)c3ccccc3OCCNC2=O)CC1. The van der Waals surface area contributed by atoms with Crippen molar-refractivity contribution in [1.82, 2.24) is 25.3 Å². The molecule has 3 heterocycles. The van der Waals surface area contributed by atoms with Gasteiger partial charge in [-0.25, -0.2) is 9.07 Å². The number of piperidine rings is 1. The van der Waals surface area contributed by atoms with Crippen molar-refractivity contribution in [2.24, 2.45) is 5.41 Å². The van der Waals surface area contributed by atoms with Crippen LogP contribution in [-0.4, -0.2) is 59.3 Å². The van der Waals surface area contributed by atoms with Crippen LogP contribution < -0.4 is 15.4 Å². The van der Waals surface area contributed by atoms with Crippen LogP contribution in [0.2, 0.25) is 0 Å². The third kappa shape index (κ3) is 6.04. The highest BCUT2D eigenvalue weighted by Gasteiger charge is 2.40. The van der Waals surface area contributed by atoms with E-state index in [1.54, 1.807) is 24.3 Å². The van der Waals surface area contributed by atoms with E-state index in [0.29, 0.717) is 31.0 Å². The van der Waals surface area contributed by atoms with Gasteiger partial charge in [0.15, 0.2) is 0 Å². The normalized spacial score (nSPS) is 18.8. The van der Waals surface area contributed by atoms with Crippen LogP contribution in [-0.2, 0) is 11.3 Å². The molecule has 1 aromatic heterocycles. The first-order valence-electron chi connectivity index (χ1n) is 14.2. The van der Waals surface area contributed by atoms with Crippen molar-refractivity contribution in [3.8, 4) is 11.4 Å². The summed E-state index contributed by atoms with van der Waals surface area (Å²) in [6, 6.07) is 13.6. The van der Waals surface area contributed by atoms with Crippen molar-refractivity contribution in [2.45, 2.75) is 52.5 Å². The molecule has 1 spiro atoms. The molecule has 8 nitrogen and oxygen atoms in total. The predicted octanol–water partition coefficient (Wildman–Crippen LogP) is 4.32. The molecule has 0 atom stereocenters. The van der Waals surface area contributed by atoms with Gasteiger partial charge in [-0.1, -0.05) is 18.6 Å². The zero-order valence-corrected chi connectivity index (χ0v) is 23.3. The van der Waals surface area contributed by atoms with Crippen LogP contribution in [0.1, 0.15) is 59.4 Å². The number of hydrogen-bond acceptors (Lipinski definition) is 5. The van der Waals surface area contributed by atoms with E-state index in [0.717, 1.165) is 68.8 Å². The summed E-state index contributed by atoms with van der Waals surface area (Å²) in [7, 11) is 0. The van der Waals surface area contributed by atoms with Crippen LogP contribution in [0, 0.1) is 25.1 Å². The Kier molecular flexibility index (Phi) is 8.49. The van der Waals surface area contributed by atoms with Crippen molar-refractivity contribution >= 4 is 11.8 Å². The van der Waals surface area contributed by atoms with Crippen LogP contribution in [0.4, 0.5) is 4.39 Å². The van der Waals surface area contributed by atoms with Gasteiger partial charge in [-0.3, -0.25) is 14.5 Å². The number of carbonyl (C=O) groups is 2. The molecule has 0 radical (unpaired) electrons. The quantitative estimate of drug-likeness (QED) is 0.510. The Morgan fingerprint density at radius 1 is 0.950 bits per heavy atom. The Hall–Kier alpha value is -3.72. The molecule has 1 fully saturated rings. The first-order chi connectivity index (χ1) is 19.4. The third-order valence-corrected chi connectivity index (χ3v) is 8.33. The molecule has 0 aliphatic carbocycles. The first-order valence-corrected chi connectivity index (χ1v) is 14.2. The van der Waals surface area contributed by atoms with Gasteiger partial charge in [0.25, 0.3) is 5.91 Å². The largest absolute Gasteiger partial charge is 0.491 e. The monoisotopic (exact) mass is 547 g/mol. The lowest BCUT2D eigenvalue weighted by molar-refractivity contribution is -0.134. The van der Waals surface area contributed by atoms with Crippen molar-refractivity contribution < 1.29 is 18.7 Å². The fourth-order valence-electron chi connectivity index (χ4n) is 5.87. The van der Waals surface area contributed by atoms with E-state index in [1.165, 1.54) is 17.7 Å². The molecule has 2 aliphatic heterocycles. The minimum atomic E-state index is -0.426. The molecule has 212 valence electrons.